The van der Waals surface area contributed by atoms with Gasteiger partial charge in [0.05, 0.1) is 0 Å². The Morgan fingerprint density at radius 3 is 1.31 bits per heavy atom. The average Bonchev–Trinajstić information content (AvgIpc) is 2.48. The molecule has 2 rings (SSSR count). The van der Waals surface area contributed by atoms with Gasteiger partial charge >= 0.3 is 11.9 Å². The maximum absolute atomic E-state index is 11.5. The van der Waals surface area contributed by atoms with Gasteiger partial charge in [-0.3, -0.25) is 0 Å². The van der Waals surface area contributed by atoms with E-state index in [0.29, 0.717) is 0 Å². The lowest BCUT2D eigenvalue weighted by molar-refractivity contribution is -0.175. The third-order valence-electron chi connectivity index (χ3n) is 2.25. The molecule has 0 aromatic rings. The van der Waals surface area contributed by atoms with Crippen LogP contribution in [0.15, 0.2) is 0 Å². The molecule has 2 atom stereocenters. The van der Waals surface area contributed by atoms with Gasteiger partial charge in [0.15, 0.2) is 12.2 Å². The number of cyclic esters (lactones) is 2. The third-order valence-corrected chi connectivity index (χ3v) is 2.25. The van der Waals surface area contributed by atoms with Crippen LogP contribution in [-0.2, 0) is 28.5 Å². The highest BCUT2D eigenvalue weighted by Gasteiger charge is 2.54. The lowest BCUT2D eigenvalue weighted by atomic mass is 10.2. The summed E-state index contributed by atoms with van der Waals surface area (Å²) in [6.45, 7) is 6.37. The smallest absolute Gasteiger partial charge is 0.341 e. The van der Waals surface area contributed by atoms with E-state index in [2.05, 4.69) is 0 Å². The largest absolute Gasteiger partial charge is 0.432 e. The quantitative estimate of drug-likeness (QED) is 0.605. The van der Waals surface area contributed by atoms with Crippen LogP contribution in [0.5, 0.6) is 0 Å². The number of ether oxygens (including phenoxy) is 4. The van der Waals surface area contributed by atoms with E-state index in [1.54, 1.807) is 27.7 Å². The van der Waals surface area contributed by atoms with Crippen LogP contribution in [0.2, 0.25) is 0 Å². The topological polar surface area (TPSA) is 71.1 Å². The van der Waals surface area contributed by atoms with Crippen LogP contribution in [-0.4, -0.2) is 35.7 Å². The van der Waals surface area contributed by atoms with E-state index < -0.39 is 35.7 Å². The van der Waals surface area contributed by atoms with Gasteiger partial charge in [-0.15, -0.1) is 0 Å². The zero-order valence-electron chi connectivity index (χ0n) is 9.60. The second-order valence-electron chi connectivity index (χ2n) is 4.72. The minimum absolute atomic E-state index is 0.607. The Bertz CT molecular complexity index is 311. The Labute approximate surface area is 92.8 Å². The Morgan fingerprint density at radius 2 is 1.12 bits per heavy atom. The Kier molecular flexibility index (Phi) is 2.25. The first-order valence-corrected chi connectivity index (χ1v) is 5.02. The van der Waals surface area contributed by atoms with Crippen molar-refractivity contribution >= 4 is 11.9 Å². The summed E-state index contributed by atoms with van der Waals surface area (Å²) >= 11 is 0. The van der Waals surface area contributed by atoms with Gasteiger partial charge in [0.1, 0.15) is 0 Å². The number of esters is 2. The average molecular weight is 230 g/mol. The van der Waals surface area contributed by atoms with Crippen molar-refractivity contribution in [3.8, 4) is 0 Å². The second-order valence-corrected chi connectivity index (χ2v) is 4.72. The van der Waals surface area contributed by atoms with Crippen molar-refractivity contribution in [2.24, 2.45) is 0 Å². The van der Waals surface area contributed by atoms with Gasteiger partial charge in [0, 0.05) is 27.7 Å². The molecule has 0 aromatic carbocycles. The van der Waals surface area contributed by atoms with E-state index in [1.807, 2.05) is 0 Å². The molecule has 2 heterocycles. The van der Waals surface area contributed by atoms with Gasteiger partial charge in [-0.25, -0.2) is 9.59 Å². The van der Waals surface area contributed by atoms with E-state index in [1.165, 1.54) is 0 Å². The van der Waals surface area contributed by atoms with Gasteiger partial charge < -0.3 is 18.9 Å². The lowest BCUT2D eigenvalue weighted by Crippen LogP contribution is -2.38. The van der Waals surface area contributed by atoms with E-state index in [0.717, 1.165) is 0 Å². The first-order chi connectivity index (χ1) is 7.20. The fraction of sp³-hybridized carbons (Fsp3) is 0.800. The monoisotopic (exact) mass is 230 g/mol. The van der Waals surface area contributed by atoms with E-state index in [9.17, 15) is 9.59 Å². The van der Waals surface area contributed by atoms with E-state index >= 15 is 0 Å². The van der Waals surface area contributed by atoms with Gasteiger partial charge in [-0.1, -0.05) is 0 Å². The summed E-state index contributed by atoms with van der Waals surface area (Å²) in [4.78, 5) is 23.0. The summed E-state index contributed by atoms with van der Waals surface area (Å²) < 4.78 is 20.5. The molecule has 90 valence electrons. The molecule has 0 saturated carbocycles. The molecule has 0 radical (unpaired) electrons. The van der Waals surface area contributed by atoms with Crippen molar-refractivity contribution in [3.05, 3.63) is 0 Å². The standard InChI is InChI=1S/C10H14O6/c1-9(2)13-5(7(11)15-9)6-8(12)16-10(3,4)14-6/h5-6H,1-4H3. The number of hydrogen-bond donors (Lipinski definition) is 0. The van der Waals surface area contributed by atoms with Crippen molar-refractivity contribution in [2.75, 3.05) is 0 Å². The molecule has 6 heteroatoms. The van der Waals surface area contributed by atoms with Crippen LogP contribution in [0.4, 0.5) is 0 Å². The summed E-state index contributed by atoms with van der Waals surface area (Å²) in [7, 11) is 0. The zero-order chi connectivity index (χ0) is 12.1. The normalized spacial score (nSPS) is 36.0. The van der Waals surface area contributed by atoms with E-state index in [-0.39, 0.29) is 0 Å². The number of carbonyl (C=O) groups excluding carboxylic acids is 2. The summed E-state index contributed by atoms with van der Waals surface area (Å²) in [6.07, 6.45) is -2.10. The summed E-state index contributed by atoms with van der Waals surface area (Å²) in [5, 5.41) is 0. The number of hydrogen-bond acceptors (Lipinski definition) is 6. The highest BCUT2D eigenvalue weighted by Crippen LogP contribution is 2.33. The molecule has 2 saturated heterocycles. The summed E-state index contributed by atoms with van der Waals surface area (Å²) in [5.74, 6) is -3.27. The number of carbonyl (C=O) groups is 2. The van der Waals surface area contributed by atoms with Crippen molar-refractivity contribution in [3.63, 3.8) is 0 Å². The first kappa shape index (κ1) is 11.3. The Balaban J connectivity index is 2.15. The van der Waals surface area contributed by atoms with Gasteiger partial charge in [0.2, 0.25) is 11.6 Å². The van der Waals surface area contributed by atoms with Crippen LogP contribution >= 0.6 is 0 Å². The SMILES string of the molecule is CC1(C)OC(=O)C(C2OC(C)(C)OC2=O)O1. The van der Waals surface area contributed by atoms with Crippen LogP contribution in [0.3, 0.4) is 0 Å². The molecular formula is C10H14O6. The minimum atomic E-state index is -1.05. The fourth-order valence-electron chi connectivity index (χ4n) is 1.73. The van der Waals surface area contributed by atoms with Crippen LogP contribution in [0.1, 0.15) is 27.7 Å². The Hall–Kier alpha value is -1.14. The number of rotatable bonds is 1. The van der Waals surface area contributed by atoms with E-state index in [4.69, 9.17) is 18.9 Å². The first-order valence-electron chi connectivity index (χ1n) is 5.02. The highest BCUT2D eigenvalue weighted by molar-refractivity contribution is 5.87. The fourth-order valence-corrected chi connectivity index (χ4v) is 1.73. The molecule has 6 nitrogen and oxygen atoms in total. The molecule has 2 unspecified atom stereocenters. The predicted octanol–water partition coefficient (Wildman–Crippen LogP) is 0.343. The molecule has 0 aromatic heterocycles. The van der Waals surface area contributed by atoms with Crippen LogP contribution in [0, 0.1) is 0 Å². The molecule has 2 fully saturated rings. The predicted molar refractivity (Wildman–Crippen MR) is 50.1 cm³/mol. The zero-order valence-corrected chi connectivity index (χ0v) is 9.60. The van der Waals surface area contributed by atoms with Crippen molar-refractivity contribution in [1.29, 1.82) is 0 Å². The summed E-state index contributed by atoms with van der Waals surface area (Å²) in [6, 6.07) is 0. The van der Waals surface area contributed by atoms with Gasteiger partial charge in [-0.05, 0) is 0 Å². The highest BCUT2D eigenvalue weighted by atomic mass is 16.8. The molecule has 0 aliphatic carbocycles. The maximum Gasteiger partial charge on any atom is 0.341 e. The van der Waals surface area contributed by atoms with Crippen molar-refractivity contribution in [2.45, 2.75) is 51.5 Å². The van der Waals surface area contributed by atoms with Crippen molar-refractivity contribution in [1.82, 2.24) is 0 Å². The second kappa shape index (κ2) is 3.18. The van der Waals surface area contributed by atoms with Crippen LogP contribution < -0.4 is 0 Å². The molecule has 16 heavy (non-hydrogen) atoms. The molecule has 2 aliphatic rings. The summed E-state index contributed by atoms with van der Waals surface area (Å²) in [5.41, 5.74) is 0. The minimum Gasteiger partial charge on any atom is -0.432 e. The van der Waals surface area contributed by atoms with Crippen molar-refractivity contribution < 1.29 is 28.5 Å². The Morgan fingerprint density at radius 1 is 0.812 bits per heavy atom. The third kappa shape index (κ3) is 1.90. The van der Waals surface area contributed by atoms with Gasteiger partial charge in [0.25, 0.3) is 0 Å². The lowest BCUT2D eigenvalue weighted by Gasteiger charge is -2.18. The molecule has 0 spiro atoms. The maximum atomic E-state index is 11.5. The molecule has 0 bridgehead atoms. The van der Waals surface area contributed by atoms with Crippen LogP contribution in [0.25, 0.3) is 0 Å². The molecule has 2 aliphatic heterocycles. The molecule has 0 amide bonds. The van der Waals surface area contributed by atoms with Gasteiger partial charge in [-0.2, -0.15) is 0 Å². The molecular weight excluding hydrogens is 216 g/mol. The molecule has 0 N–H and O–H groups in total.